The van der Waals surface area contributed by atoms with Crippen LogP contribution in [0.1, 0.15) is 142 Å². The van der Waals surface area contributed by atoms with Gasteiger partial charge in [-0.25, -0.2) is 0 Å². The van der Waals surface area contributed by atoms with Crippen molar-refractivity contribution in [2.75, 3.05) is 0 Å². The maximum Gasteiger partial charge on any atom is 0.273 e. The third-order valence-electron chi connectivity index (χ3n) is 25.5. The first-order valence-corrected chi connectivity index (χ1v) is 37.5. The third-order valence-corrected chi connectivity index (χ3v) is 36.1. The molecule has 0 aromatic heterocycles. The van der Waals surface area contributed by atoms with Gasteiger partial charge in [-0.2, -0.15) is 50.5 Å². The smallest absolute Gasteiger partial charge is 0.273 e. The first-order valence-electron chi connectivity index (χ1n) is 28.7. The summed E-state index contributed by atoms with van der Waals surface area (Å²) in [7, 11) is -20.0. The molecule has 16 aliphatic heterocycles. The van der Waals surface area contributed by atoms with Gasteiger partial charge in [0.05, 0.1) is 40.9 Å². The zero-order chi connectivity index (χ0) is 59.3. The highest BCUT2D eigenvalue weighted by Crippen LogP contribution is 2.82. The van der Waals surface area contributed by atoms with Crippen molar-refractivity contribution in [2.24, 2.45) is 51.2 Å². The van der Waals surface area contributed by atoms with E-state index in [-0.39, 0.29) is 135 Å². The van der Waals surface area contributed by atoms with Gasteiger partial charge in [0.2, 0.25) is 0 Å². The number of hydrogen-bond acceptors (Lipinski definition) is 23. The molecule has 0 amide bonds. The van der Waals surface area contributed by atoms with E-state index >= 15 is 0 Å². The summed E-state index contributed by atoms with van der Waals surface area (Å²) >= 11 is 0. The molecule has 18 fully saturated rings. The molecule has 18 aliphatic rings. The Labute approximate surface area is 478 Å². The van der Waals surface area contributed by atoms with Crippen molar-refractivity contribution >= 4 is 60.7 Å². The van der Waals surface area contributed by atoms with E-state index in [0.717, 1.165) is 6.42 Å². The van der Waals surface area contributed by atoms with Crippen LogP contribution in [0.4, 0.5) is 0 Å². The van der Waals surface area contributed by atoms with Crippen molar-refractivity contribution in [3.05, 3.63) is 0 Å². The van der Waals surface area contributed by atoms with Crippen LogP contribution >= 0.6 is 0 Å². The van der Waals surface area contributed by atoms with Gasteiger partial charge in [0.15, 0.2) is 0 Å². The fraction of sp³-hybridized carbons (Fsp3) is 1.00. The first kappa shape index (κ1) is 59.2. The average Bonchev–Trinajstić information content (AvgIpc) is 1.49. The van der Waals surface area contributed by atoms with E-state index in [1.54, 1.807) is 0 Å². The number of ether oxygens (including phenoxy) is 5. The maximum absolute atomic E-state index is 12.2. The lowest BCUT2D eigenvalue weighted by Gasteiger charge is -2.49. The maximum atomic E-state index is 12.2. The van der Waals surface area contributed by atoms with E-state index < -0.39 is 98.5 Å². The third kappa shape index (κ3) is 7.32. The number of hydrogen-bond donors (Lipinski definition) is 0. The molecule has 462 valence electrons. The van der Waals surface area contributed by atoms with Gasteiger partial charge in [0.1, 0.15) is 86.3 Å². The lowest BCUT2D eigenvalue weighted by Crippen LogP contribution is -2.54. The number of rotatable bonds is 0. The van der Waals surface area contributed by atoms with Crippen LogP contribution in [0.3, 0.4) is 0 Å². The van der Waals surface area contributed by atoms with Crippen LogP contribution in [0.5, 0.6) is 0 Å². The lowest BCUT2D eigenvalue weighted by atomic mass is 9.57. The van der Waals surface area contributed by atoms with Crippen molar-refractivity contribution in [3.63, 3.8) is 0 Å². The molecule has 12 bridgehead atoms. The molecule has 18 rings (SSSR count). The summed E-state index contributed by atoms with van der Waals surface area (Å²) in [5, 5.41) is -2.31. The van der Waals surface area contributed by atoms with Crippen LogP contribution in [-0.2, 0) is 109 Å². The Morgan fingerprint density at radius 1 is 0.407 bits per heavy atom. The molecule has 2 saturated carbocycles. The van der Waals surface area contributed by atoms with Gasteiger partial charge in [-0.15, -0.1) is 0 Å². The van der Waals surface area contributed by atoms with Gasteiger partial charge < -0.3 is 23.7 Å². The Kier molecular flexibility index (Phi) is 12.4. The van der Waals surface area contributed by atoms with E-state index in [0.29, 0.717) is 38.0 Å². The first-order chi connectivity index (χ1) is 36.8. The average molecular weight is 1270 g/mol. The molecule has 29 unspecified atom stereocenters. The molecule has 2 aliphatic carbocycles. The largest absolute Gasteiger partial charge is 0.370 e. The van der Waals surface area contributed by atoms with Gasteiger partial charge in [-0.3, -0.25) is 25.1 Å². The zero-order valence-corrected chi connectivity index (χ0v) is 53.3. The highest BCUT2D eigenvalue weighted by molar-refractivity contribution is 7.89. The quantitative estimate of drug-likeness (QED) is 0.313. The van der Waals surface area contributed by atoms with Crippen LogP contribution in [0.2, 0.25) is 0 Å². The SMILES string of the molecule is CC1(C)C2CC3C(O2)C1OS3(=O)=O.CC1C2(C)CC3C1(C)C(C)(OS3(=O)=O)C2(C)C.CC1C2CC3C(C)(O2)C1OS3(=O)=O.CC1C2CC3C(O2)C1(C)OS3(=O)=O.CC1C2CC3C(O2)C1OS3(=O)=O.CC1C2OS(=O)(=O)C3CC1(C)OC23. The van der Waals surface area contributed by atoms with Crippen LogP contribution in [-0.4, -0.2) is 178 Å². The molecule has 23 nitrogen and oxygen atoms in total. The van der Waals surface area contributed by atoms with Crippen LogP contribution in [0, 0.1) is 51.2 Å². The van der Waals surface area contributed by atoms with Crippen molar-refractivity contribution in [2.45, 2.75) is 270 Å². The number of fused-ring (bicyclic) bond motifs is 6. The predicted octanol–water partition coefficient (Wildman–Crippen LogP) is 3.58. The second-order valence-corrected chi connectivity index (χ2v) is 39.8. The molecule has 16 heterocycles. The van der Waals surface area contributed by atoms with E-state index in [1.807, 2.05) is 69.2 Å². The van der Waals surface area contributed by atoms with E-state index in [1.165, 1.54) is 0 Å². The summed E-state index contributed by atoms with van der Waals surface area (Å²) in [5.74, 6) is 1.19. The lowest BCUT2D eigenvalue weighted by molar-refractivity contribution is -0.0920. The van der Waals surface area contributed by atoms with Gasteiger partial charge >= 0.3 is 0 Å². The fourth-order valence-corrected chi connectivity index (χ4v) is 30.9. The van der Waals surface area contributed by atoms with Crippen molar-refractivity contribution in [1.29, 1.82) is 0 Å². The van der Waals surface area contributed by atoms with E-state index in [4.69, 9.17) is 48.8 Å². The minimum Gasteiger partial charge on any atom is -0.370 e. The second-order valence-electron chi connectivity index (χ2n) is 29.2. The summed E-state index contributed by atoms with van der Waals surface area (Å²) in [6.45, 7) is 30.6. The predicted molar refractivity (Wildman–Crippen MR) is 285 cm³/mol. The molecule has 29 heteroatoms. The van der Waals surface area contributed by atoms with E-state index in [2.05, 4.69) is 34.6 Å². The minimum atomic E-state index is -3.39. The van der Waals surface area contributed by atoms with Crippen molar-refractivity contribution in [3.8, 4) is 0 Å². The summed E-state index contributed by atoms with van der Waals surface area (Å²) < 4.78 is 198. The molecule has 0 aromatic rings. The standard InChI is InChI=1S/C13H22O3S.4C8H12O4S.C7H10O4S/c1-8-11(4)7-9-12(8,5)13(6,10(11,2)3)16-17(9,14)15;1-8(2)5-3-4-6(11-5)7(8)12-13(4,9)10;1-4-6-7-5(13(9,10)12-6)3-8(4,2)11-7;1-4-5-3-6-7(11-5)8(4,2)12-13(6,9)10;1-4-5-3-6-8(2,11-5)7(4)12-13(6,9)10;1-3-4-2-5-7(10-4)6(3)11-12(5,8)9/h8-9H,7H2,1-6H3;4*4-7H,3H2,1-2H3;3-7H,2H2,1H3. The molecule has 81 heavy (non-hydrogen) atoms. The van der Waals surface area contributed by atoms with Gasteiger partial charge in [-0.1, -0.05) is 76.2 Å². The van der Waals surface area contributed by atoms with Crippen molar-refractivity contribution in [1.82, 2.24) is 0 Å². The van der Waals surface area contributed by atoms with Crippen LogP contribution < -0.4 is 0 Å². The Hall–Kier alpha value is -0.740. The van der Waals surface area contributed by atoms with Gasteiger partial charge in [0.25, 0.3) is 60.7 Å². The Balaban J connectivity index is 0.0000000918. The van der Waals surface area contributed by atoms with Crippen molar-refractivity contribution < 1.29 is 99.3 Å². The molecule has 0 aromatic carbocycles. The molecule has 0 spiro atoms. The van der Waals surface area contributed by atoms with Gasteiger partial charge in [0, 0.05) is 39.9 Å². The summed E-state index contributed by atoms with van der Waals surface area (Å²) in [6, 6.07) is 0. The van der Waals surface area contributed by atoms with Crippen LogP contribution in [0.25, 0.3) is 0 Å². The van der Waals surface area contributed by atoms with Gasteiger partial charge in [-0.05, 0) is 77.6 Å². The molecule has 0 N–H and O–H groups in total. The molecule has 0 radical (unpaired) electrons. The summed E-state index contributed by atoms with van der Waals surface area (Å²) in [5.41, 5.74) is -2.46. The Bertz CT molecular complexity index is 3400. The molecular weight excluding hydrogens is 1180 g/mol. The molecular formula is C52H80O23S6. The summed E-state index contributed by atoms with van der Waals surface area (Å²) in [6.07, 6.45) is 2.41. The molecule has 29 atom stereocenters. The molecule has 16 saturated heterocycles. The topological polar surface area (TPSA) is 306 Å². The second kappa shape index (κ2) is 16.9. The monoisotopic (exact) mass is 1260 g/mol. The fourth-order valence-electron chi connectivity index (χ4n) is 19.2. The van der Waals surface area contributed by atoms with E-state index in [9.17, 15) is 50.5 Å². The zero-order valence-electron chi connectivity index (χ0n) is 48.4. The Morgan fingerprint density at radius 3 is 1.52 bits per heavy atom. The minimum absolute atomic E-state index is 0.0464. The normalized spacial score (nSPS) is 60.3. The highest BCUT2D eigenvalue weighted by Gasteiger charge is 2.86. The van der Waals surface area contributed by atoms with Crippen LogP contribution in [0.15, 0.2) is 0 Å². The Morgan fingerprint density at radius 2 is 1.00 bits per heavy atom. The highest BCUT2D eigenvalue weighted by atomic mass is 32.2. The summed E-state index contributed by atoms with van der Waals surface area (Å²) in [4.78, 5) is 0.